The van der Waals surface area contributed by atoms with Crippen molar-refractivity contribution in [3.8, 4) is 0 Å². The highest BCUT2D eigenvalue weighted by molar-refractivity contribution is 5.76. The Labute approximate surface area is 116 Å². The molecule has 1 amide bonds. The zero-order chi connectivity index (χ0) is 14.8. The predicted molar refractivity (Wildman–Crippen MR) is 70.1 cm³/mol. The highest BCUT2D eigenvalue weighted by atomic mass is 19.4. The summed E-state index contributed by atoms with van der Waals surface area (Å²) < 4.78 is 37.9. The molecule has 2 rings (SSSR count). The van der Waals surface area contributed by atoms with Gasteiger partial charge in [-0.15, -0.1) is 0 Å². The third-order valence-corrected chi connectivity index (χ3v) is 3.72. The SMILES string of the molecule is CCC(=O)N1CCC(Cc2cccc(C(F)(F)F)c2)C1. The van der Waals surface area contributed by atoms with Crippen molar-refractivity contribution in [2.45, 2.75) is 32.4 Å². The molecule has 1 aliphatic heterocycles. The summed E-state index contributed by atoms with van der Waals surface area (Å²) >= 11 is 0. The quantitative estimate of drug-likeness (QED) is 0.832. The average Bonchev–Trinajstić information content (AvgIpc) is 2.85. The summed E-state index contributed by atoms with van der Waals surface area (Å²) in [7, 11) is 0. The maximum atomic E-state index is 12.6. The molecule has 0 aromatic heterocycles. The van der Waals surface area contributed by atoms with E-state index >= 15 is 0 Å². The number of likely N-dealkylation sites (tertiary alicyclic amines) is 1. The lowest BCUT2D eigenvalue weighted by atomic mass is 9.97. The van der Waals surface area contributed by atoms with Crippen molar-refractivity contribution in [1.82, 2.24) is 4.90 Å². The fraction of sp³-hybridized carbons (Fsp3) is 0.533. The molecule has 0 saturated carbocycles. The fourth-order valence-corrected chi connectivity index (χ4v) is 2.66. The summed E-state index contributed by atoms with van der Waals surface area (Å²) in [4.78, 5) is 13.4. The first-order valence-electron chi connectivity index (χ1n) is 6.84. The summed E-state index contributed by atoms with van der Waals surface area (Å²) in [6, 6.07) is 5.47. The van der Waals surface area contributed by atoms with Gasteiger partial charge in [0.1, 0.15) is 0 Å². The largest absolute Gasteiger partial charge is 0.416 e. The molecule has 1 fully saturated rings. The van der Waals surface area contributed by atoms with Crippen molar-refractivity contribution in [2.24, 2.45) is 5.92 Å². The fourth-order valence-electron chi connectivity index (χ4n) is 2.66. The number of amides is 1. The second-order valence-electron chi connectivity index (χ2n) is 5.25. The summed E-state index contributed by atoms with van der Waals surface area (Å²) in [5.74, 6) is 0.380. The van der Waals surface area contributed by atoms with Gasteiger partial charge in [-0.1, -0.05) is 25.1 Å². The van der Waals surface area contributed by atoms with E-state index in [1.807, 2.05) is 6.92 Å². The van der Waals surface area contributed by atoms with Crippen molar-refractivity contribution in [2.75, 3.05) is 13.1 Å². The van der Waals surface area contributed by atoms with E-state index in [1.165, 1.54) is 12.1 Å². The molecule has 0 aliphatic carbocycles. The van der Waals surface area contributed by atoms with E-state index in [2.05, 4.69) is 0 Å². The van der Waals surface area contributed by atoms with Crippen molar-refractivity contribution < 1.29 is 18.0 Å². The second-order valence-corrected chi connectivity index (χ2v) is 5.25. The van der Waals surface area contributed by atoms with E-state index in [1.54, 1.807) is 11.0 Å². The highest BCUT2D eigenvalue weighted by Crippen LogP contribution is 2.30. The van der Waals surface area contributed by atoms with Crippen molar-refractivity contribution >= 4 is 5.91 Å². The number of rotatable bonds is 3. The Kier molecular flexibility index (Phi) is 4.35. The van der Waals surface area contributed by atoms with Gasteiger partial charge in [-0.2, -0.15) is 13.2 Å². The van der Waals surface area contributed by atoms with Crippen molar-refractivity contribution in [3.63, 3.8) is 0 Å². The van der Waals surface area contributed by atoms with Gasteiger partial charge in [-0.3, -0.25) is 4.79 Å². The van der Waals surface area contributed by atoms with Crippen LogP contribution in [-0.4, -0.2) is 23.9 Å². The van der Waals surface area contributed by atoms with Gasteiger partial charge in [0.25, 0.3) is 0 Å². The van der Waals surface area contributed by atoms with E-state index < -0.39 is 11.7 Å². The van der Waals surface area contributed by atoms with Crippen LogP contribution in [0.1, 0.15) is 30.9 Å². The summed E-state index contributed by atoms with van der Waals surface area (Å²) in [6.07, 6.45) is -2.36. The number of alkyl halides is 3. The van der Waals surface area contributed by atoms with Gasteiger partial charge in [0, 0.05) is 19.5 Å². The number of carbonyl (C=O) groups is 1. The number of nitrogens with zero attached hydrogens (tertiary/aromatic N) is 1. The number of benzene rings is 1. The molecule has 1 aromatic carbocycles. The molecule has 1 heterocycles. The molecule has 0 N–H and O–H groups in total. The van der Waals surface area contributed by atoms with Gasteiger partial charge in [0.15, 0.2) is 0 Å². The van der Waals surface area contributed by atoms with Crippen LogP contribution in [-0.2, 0) is 17.4 Å². The summed E-state index contributed by atoms with van der Waals surface area (Å²) in [5, 5.41) is 0. The van der Waals surface area contributed by atoms with Crippen LogP contribution in [0.5, 0.6) is 0 Å². The molecule has 110 valence electrons. The van der Waals surface area contributed by atoms with E-state index in [0.717, 1.165) is 19.0 Å². The Morgan fingerprint density at radius 2 is 2.15 bits per heavy atom. The van der Waals surface area contributed by atoms with Gasteiger partial charge in [0.2, 0.25) is 5.91 Å². The molecule has 0 radical (unpaired) electrons. The Balaban J connectivity index is 2.00. The van der Waals surface area contributed by atoms with Crippen LogP contribution in [0.15, 0.2) is 24.3 Å². The van der Waals surface area contributed by atoms with E-state index in [9.17, 15) is 18.0 Å². The molecule has 1 saturated heterocycles. The zero-order valence-corrected chi connectivity index (χ0v) is 11.4. The highest BCUT2D eigenvalue weighted by Gasteiger charge is 2.31. The first kappa shape index (κ1) is 14.9. The topological polar surface area (TPSA) is 20.3 Å². The van der Waals surface area contributed by atoms with Crippen LogP contribution >= 0.6 is 0 Å². The number of carbonyl (C=O) groups excluding carboxylic acids is 1. The molecule has 1 unspecified atom stereocenters. The molecular formula is C15H18F3NO. The van der Waals surface area contributed by atoms with Gasteiger partial charge in [-0.05, 0) is 30.4 Å². The third-order valence-electron chi connectivity index (χ3n) is 3.72. The molecule has 20 heavy (non-hydrogen) atoms. The van der Waals surface area contributed by atoms with Gasteiger partial charge in [0.05, 0.1) is 5.56 Å². The maximum Gasteiger partial charge on any atom is 0.416 e. The Bertz CT molecular complexity index is 484. The van der Waals surface area contributed by atoms with Crippen LogP contribution in [0.3, 0.4) is 0 Å². The molecule has 0 spiro atoms. The van der Waals surface area contributed by atoms with Crippen LogP contribution in [0.2, 0.25) is 0 Å². The molecule has 1 aromatic rings. The minimum atomic E-state index is -4.30. The molecular weight excluding hydrogens is 267 g/mol. The first-order valence-corrected chi connectivity index (χ1v) is 6.84. The lowest BCUT2D eigenvalue weighted by molar-refractivity contribution is -0.137. The van der Waals surface area contributed by atoms with Crippen LogP contribution < -0.4 is 0 Å². The van der Waals surface area contributed by atoms with Gasteiger partial charge < -0.3 is 4.90 Å². The lowest BCUT2D eigenvalue weighted by Crippen LogP contribution is -2.28. The van der Waals surface area contributed by atoms with Gasteiger partial charge in [-0.25, -0.2) is 0 Å². The lowest BCUT2D eigenvalue weighted by Gasteiger charge is -2.16. The predicted octanol–water partition coefficient (Wildman–Crippen LogP) is 3.51. The molecule has 1 atom stereocenters. The Morgan fingerprint density at radius 3 is 2.80 bits per heavy atom. The zero-order valence-electron chi connectivity index (χ0n) is 11.4. The monoisotopic (exact) mass is 285 g/mol. The summed E-state index contributed by atoms with van der Waals surface area (Å²) in [6.45, 7) is 3.20. The number of hydrogen-bond acceptors (Lipinski definition) is 1. The number of halogens is 3. The molecule has 0 bridgehead atoms. The Morgan fingerprint density at radius 1 is 1.40 bits per heavy atom. The van der Waals surface area contributed by atoms with E-state index in [0.29, 0.717) is 24.9 Å². The van der Waals surface area contributed by atoms with E-state index in [4.69, 9.17) is 0 Å². The van der Waals surface area contributed by atoms with Crippen molar-refractivity contribution in [3.05, 3.63) is 35.4 Å². The smallest absolute Gasteiger partial charge is 0.342 e. The standard InChI is InChI=1S/C15H18F3NO/c1-2-14(20)19-7-6-12(10-19)8-11-4-3-5-13(9-11)15(16,17)18/h3-5,9,12H,2,6-8,10H2,1H3. The minimum absolute atomic E-state index is 0.122. The van der Waals surface area contributed by atoms with Crippen LogP contribution in [0.4, 0.5) is 13.2 Å². The summed E-state index contributed by atoms with van der Waals surface area (Å²) in [5.41, 5.74) is 0.0881. The van der Waals surface area contributed by atoms with E-state index in [-0.39, 0.29) is 11.8 Å². The molecule has 1 aliphatic rings. The molecule has 2 nitrogen and oxygen atoms in total. The Hall–Kier alpha value is -1.52. The van der Waals surface area contributed by atoms with Crippen molar-refractivity contribution in [1.29, 1.82) is 0 Å². The normalized spacial score (nSPS) is 19.4. The third kappa shape index (κ3) is 3.52. The minimum Gasteiger partial charge on any atom is -0.342 e. The van der Waals surface area contributed by atoms with Crippen LogP contribution in [0, 0.1) is 5.92 Å². The molecule has 5 heteroatoms. The first-order chi connectivity index (χ1) is 9.40. The van der Waals surface area contributed by atoms with Gasteiger partial charge >= 0.3 is 6.18 Å². The maximum absolute atomic E-state index is 12.6. The number of hydrogen-bond donors (Lipinski definition) is 0. The van der Waals surface area contributed by atoms with Crippen LogP contribution in [0.25, 0.3) is 0 Å². The average molecular weight is 285 g/mol. The second kappa shape index (κ2) is 5.85.